The van der Waals surface area contributed by atoms with Gasteiger partial charge in [0.1, 0.15) is 17.2 Å². The lowest BCUT2D eigenvalue weighted by Crippen LogP contribution is -2.27. The van der Waals surface area contributed by atoms with E-state index in [0.29, 0.717) is 17.7 Å². The molecule has 26 heavy (non-hydrogen) atoms. The van der Waals surface area contributed by atoms with Crippen molar-refractivity contribution < 1.29 is 13.9 Å². The van der Waals surface area contributed by atoms with E-state index in [1.165, 1.54) is 5.01 Å². The summed E-state index contributed by atoms with van der Waals surface area (Å²) >= 11 is 0. The standard InChI is InChI=1S/C21H18N2O3/c1-25-19-11-6-5-10-16(19)18-14-17(20-12-7-13-26-20)22-23(18)21(24)15-8-3-2-4-9-15/h2-13,18H,14H2,1H3. The maximum atomic E-state index is 13.1. The molecule has 0 saturated carbocycles. The highest BCUT2D eigenvalue weighted by molar-refractivity contribution is 6.03. The second kappa shape index (κ2) is 6.88. The van der Waals surface area contributed by atoms with Crippen LogP contribution >= 0.6 is 0 Å². The smallest absolute Gasteiger partial charge is 0.274 e. The SMILES string of the molecule is COc1ccccc1C1CC(c2ccco2)=NN1C(=O)c1ccccc1. The molecule has 1 aromatic heterocycles. The second-order valence-corrected chi connectivity index (χ2v) is 6.00. The predicted octanol–water partition coefficient (Wildman–Crippen LogP) is 4.28. The lowest BCUT2D eigenvalue weighted by Gasteiger charge is -2.23. The minimum Gasteiger partial charge on any atom is -0.496 e. The topological polar surface area (TPSA) is 55.0 Å². The van der Waals surface area contributed by atoms with Gasteiger partial charge in [-0.1, -0.05) is 36.4 Å². The van der Waals surface area contributed by atoms with Gasteiger partial charge in [-0.2, -0.15) is 5.10 Å². The average molecular weight is 346 g/mol. The van der Waals surface area contributed by atoms with Crippen molar-refractivity contribution in [3.63, 3.8) is 0 Å². The maximum absolute atomic E-state index is 13.1. The van der Waals surface area contributed by atoms with Gasteiger partial charge in [0, 0.05) is 17.5 Å². The summed E-state index contributed by atoms with van der Waals surface area (Å²) < 4.78 is 11.0. The average Bonchev–Trinajstić information content (AvgIpc) is 3.37. The molecule has 2 heterocycles. The number of rotatable bonds is 4. The fourth-order valence-electron chi connectivity index (χ4n) is 3.19. The van der Waals surface area contributed by atoms with Crippen molar-refractivity contribution in [3.8, 4) is 5.75 Å². The molecule has 2 aromatic carbocycles. The summed E-state index contributed by atoms with van der Waals surface area (Å²) in [6.45, 7) is 0. The molecule has 5 heteroatoms. The summed E-state index contributed by atoms with van der Waals surface area (Å²) in [6, 6.07) is 20.3. The molecule has 0 spiro atoms. The van der Waals surface area contributed by atoms with E-state index in [4.69, 9.17) is 9.15 Å². The Hall–Kier alpha value is -3.34. The molecular weight excluding hydrogens is 328 g/mol. The monoisotopic (exact) mass is 346 g/mol. The van der Waals surface area contributed by atoms with E-state index in [9.17, 15) is 4.79 Å². The molecule has 4 rings (SSSR count). The van der Waals surface area contributed by atoms with Gasteiger partial charge in [0.25, 0.3) is 5.91 Å². The molecule has 0 radical (unpaired) electrons. The summed E-state index contributed by atoms with van der Waals surface area (Å²) in [7, 11) is 1.63. The van der Waals surface area contributed by atoms with Gasteiger partial charge in [0.2, 0.25) is 0 Å². The zero-order valence-electron chi connectivity index (χ0n) is 14.3. The first-order valence-corrected chi connectivity index (χ1v) is 8.41. The van der Waals surface area contributed by atoms with Crippen molar-refractivity contribution in [2.75, 3.05) is 7.11 Å². The zero-order valence-corrected chi connectivity index (χ0v) is 14.3. The van der Waals surface area contributed by atoms with Gasteiger partial charge >= 0.3 is 0 Å². The number of hydrogen-bond donors (Lipinski definition) is 0. The van der Waals surface area contributed by atoms with E-state index in [-0.39, 0.29) is 11.9 Å². The summed E-state index contributed by atoms with van der Waals surface area (Å²) in [6.07, 6.45) is 2.17. The Bertz CT molecular complexity index is 933. The first-order chi connectivity index (χ1) is 12.8. The van der Waals surface area contributed by atoms with Crippen molar-refractivity contribution in [3.05, 3.63) is 89.9 Å². The Balaban J connectivity index is 1.76. The number of carbonyl (C=O) groups excluding carboxylic acids is 1. The normalized spacial score (nSPS) is 16.4. The van der Waals surface area contributed by atoms with E-state index >= 15 is 0 Å². The number of para-hydroxylation sites is 1. The molecule has 0 saturated heterocycles. The molecule has 130 valence electrons. The lowest BCUT2D eigenvalue weighted by molar-refractivity contribution is 0.0709. The number of hydrazone groups is 1. The maximum Gasteiger partial charge on any atom is 0.274 e. The van der Waals surface area contributed by atoms with Crippen molar-refractivity contribution in [1.29, 1.82) is 0 Å². The number of benzene rings is 2. The molecular formula is C21H18N2O3. The number of amides is 1. The first kappa shape index (κ1) is 16.1. The fourth-order valence-corrected chi connectivity index (χ4v) is 3.19. The third kappa shape index (κ3) is 2.88. The highest BCUT2D eigenvalue weighted by atomic mass is 16.5. The molecule has 0 aliphatic carbocycles. The predicted molar refractivity (Wildman–Crippen MR) is 98.2 cm³/mol. The number of carbonyl (C=O) groups is 1. The lowest BCUT2D eigenvalue weighted by atomic mass is 9.99. The number of nitrogens with zero attached hydrogens (tertiary/aromatic N) is 2. The minimum atomic E-state index is -0.251. The van der Waals surface area contributed by atoms with E-state index in [1.54, 1.807) is 25.5 Å². The van der Waals surface area contributed by atoms with Crippen molar-refractivity contribution in [1.82, 2.24) is 5.01 Å². The number of furan rings is 1. The molecule has 0 bridgehead atoms. The van der Waals surface area contributed by atoms with Gasteiger partial charge in [-0.15, -0.1) is 0 Å². The summed E-state index contributed by atoms with van der Waals surface area (Å²) in [4.78, 5) is 13.1. The number of methoxy groups -OCH3 is 1. The molecule has 1 aliphatic rings. The van der Waals surface area contributed by atoms with Gasteiger partial charge in [-0.3, -0.25) is 4.79 Å². The van der Waals surface area contributed by atoms with Crippen LogP contribution in [-0.2, 0) is 0 Å². The quantitative estimate of drug-likeness (QED) is 0.708. The van der Waals surface area contributed by atoms with E-state index in [0.717, 1.165) is 17.0 Å². The summed E-state index contributed by atoms with van der Waals surface area (Å²) in [5, 5.41) is 6.12. The second-order valence-electron chi connectivity index (χ2n) is 6.00. The van der Waals surface area contributed by atoms with Crippen LogP contribution in [0.5, 0.6) is 5.75 Å². The molecule has 3 aromatic rings. The Morgan fingerprint density at radius 1 is 1.08 bits per heavy atom. The largest absolute Gasteiger partial charge is 0.496 e. The Morgan fingerprint density at radius 3 is 2.58 bits per heavy atom. The molecule has 1 unspecified atom stereocenters. The minimum absolute atomic E-state index is 0.150. The van der Waals surface area contributed by atoms with Crippen molar-refractivity contribution >= 4 is 11.6 Å². The Labute approximate surface area is 151 Å². The van der Waals surface area contributed by atoms with Crippen LogP contribution in [0.1, 0.15) is 34.1 Å². The van der Waals surface area contributed by atoms with Crippen LogP contribution in [0.3, 0.4) is 0 Å². The first-order valence-electron chi connectivity index (χ1n) is 8.41. The van der Waals surface area contributed by atoms with E-state index in [2.05, 4.69) is 5.10 Å². The Morgan fingerprint density at radius 2 is 1.85 bits per heavy atom. The summed E-state index contributed by atoms with van der Waals surface area (Å²) in [5.41, 5.74) is 2.26. The number of hydrogen-bond acceptors (Lipinski definition) is 4. The number of ether oxygens (including phenoxy) is 1. The third-order valence-corrected chi connectivity index (χ3v) is 4.44. The molecule has 5 nitrogen and oxygen atoms in total. The third-order valence-electron chi connectivity index (χ3n) is 4.44. The molecule has 0 N–H and O–H groups in total. The molecule has 1 amide bonds. The van der Waals surface area contributed by atoms with Crippen LogP contribution in [0, 0.1) is 0 Å². The highest BCUT2D eigenvalue weighted by Gasteiger charge is 2.35. The van der Waals surface area contributed by atoms with Crippen molar-refractivity contribution in [2.45, 2.75) is 12.5 Å². The zero-order chi connectivity index (χ0) is 17.9. The van der Waals surface area contributed by atoms with Crippen LogP contribution in [0.4, 0.5) is 0 Å². The van der Waals surface area contributed by atoms with Gasteiger partial charge in [0.15, 0.2) is 0 Å². The fraction of sp³-hybridized carbons (Fsp3) is 0.143. The van der Waals surface area contributed by atoms with Crippen LogP contribution in [0.15, 0.2) is 82.5 Å². The molecule has 1 aliphatic heterocycles. The van der Waals surface area contributed by atoms with Crippen molar-refractivity contribution in [2.24, 2.45) is 5.10 Å². The highest BCUT2D eigenvalue weighted by Crippen LogP contribution is 2.38. The molecule has 0 fully saturated rings. The summed E-state index contributed by atoms with van der Waals surface area (Å²) in [5.74, 6) is 1.26. The molecule has 1 atom stereocenters. The van der Waals surface area contributed by atoms with Crippen LogP contribution in [0.2, 0.25) is 0 Å². The van der Waals surface area contributed by atoms with Gasteiger partial charge in [-0.25, -0.2) is 5.01 Å². The van der Waals surface area contributed by atoms with Gasteiger partial charge in [0.05, 0.1) is 19.4 Å². The van der Waals surface area contributed by atoms with Crippen LogP contribution in [0.25, 0.3) is 0 Å². The van der Waals surface area contributed by atoms with Crippen LogP contribution in [-0.4, -0.2) is 23.7 Å². The van der Waals surface area contributed by atoms with Gasteiger partial charge < -0.3 is 9.15 Å². The van der Waals surface area contributed by atoms with Crippen LogP contribution < -0.4 is 4.74 Å². The van der Waals surface area contributed by atoms with Gasteiger partial charge in [-0.05, 0) is 30.3 Å². The van der Waals surface area contributed by atoms with E-state index < -0.39 is 0 Å². The Kier molecular flexibility index (Phi) is 4.27. The van der Waals surface area contributed by atoms with E-state index in [1.807, 2.05) is 54.6 Å².